The van der Waals surface area contributed by atoms with Gasteiger partial charge in [0.15, 0.2) is 5.60 Å². The molecule has 7 heteroatoms. The SMILES string of the molecule is COCC(=O)N1CCOC(Cc2ccccc2-c2cccnc2)(C(=O)NC(C)C)C1. The van der Waals surface area contributed by atoms with Gasteiger partial charge in [-0.15, -0.1) is 0 Å². The normalized spacial score (nSPS) is 19.0. The molecule has 2 heterocycles. The van der Waals surface area contributed by atoms with Crippen LogP contribution in [-0.4, -0.2) is 66.8 Å². The molecule has 1 aliphatic heterocycles. The summed E-state index contributed by atoms with van der Waals surface area (Å²) in [7, 11) is 1.49. The Bertz CT molecular complexity index is 872. The number of benzene rings is 1. The van der Waals surface area contributed by atoms with E-state index in [2.05, 4.69) is 10.3 Å². The summed E-state index contributed by atoms with van der Waals surface area (Å²) in [5, 5.41) is 2.98. The molecule has 1 aromatic carbocycles. The van der Waals surface area contributed by atoms with Gasteiger partial charge >= 0.3 is 0 Å². The minimum Gasteiger partial charge on any atom is -0.375 e. The number of hydrogen-bond acceptors (Lipinski definition) is 5. The van der Waals surface area contributed by atoms with Crippen LogP contribution >= 0.6 is 0 Å². The van der Waals surface area contributed by atoms with Crippen LogP contribution in [-0.2, 0) is 25.5 Å². The van der Waals surface area contributed by atoms with Gasteiger partial charge in [-0.2, -0.15) is 0 Å². The van der Waals surface area contributed by atoms with E-state index in [-0.39, 0.29) is 37.6 Å². The Morgan fingerprint density at radius 3 is 2.77 bits per heavy atom. The number of carbonyl (C=O) groups excluding carboxylic acids is 2. The van der Waals surface area contributed by atoms with E-state index >= 15 is 0 Å². The monoisotopic (exact) mass is 411 g/mol. The largest absolute Gasteiger partial charge is 0.375 e. The molecular formula is C23H29N3O4. The van der Waals surface area contributed by atoms with Crippen molar-refractivity contribution >= 4 is 11.8 Å². The molecule has 1 atom stereocenters. The first-order valence-corrected chi connectivity index (χ1v) is 10.1. The summed E-state index contributed by atoms with van der Waals surface area (Å²) in [4.78, 5) is 31.6. The van der Waals surface area contributed by atoms with E-state index < -0.39 is 5.60 Å². The number of rotatable bonds is 7. The lowest BCUT2D eigenvalue weighted by atomic mass is 9.87. The smallest absolute Gasteiger partial charge is 0.254 e. The van der Waals surface area contributed by atoms with Crippen LogP contribution in [0.5, 0.6) is 0 Å². The molecule has 2 aromatic rings. The average Bonchev–Trinajstić information content (AvgIpc) is 2.74. The minimum absolute atomic E-state index is 0.0197. The molecule has 1 aromatic heterocycles. The topological polar surface area (TPSA) is 80.8 Å². The van der Waals surface area contributed by atoms with E-state index in [4.69, 9.17) is 9.47 Å². The molecule has 30 heavy (non-hydrogen) atoms. The molecule has 1 fully saturated rings. The molecule has 0 radical (unpaired) electrons. The maximum Gasteiger partial charge on any atom is 0.254 e. The van der Waals surface area contributed by atoms with Crippen LogP contribution in [0.25, 0.3) is 11.1 Å². The van der Waals surface area contributed by atoms with Crippen molar-refractivity contribution in [1.82, 2.24) is 15.2 Å². The number of pyridine rings is 1. The van der Waals surface area contributed by atoms with Gasteiger partial charge in [0, 0.05) is 44.1 Å². The Balaban J connectivity index is 1.97. The van der Waals surface area contributed by atoms with Crippen LogP contribution in [0.2, 0.25) is 0 Å². The Hall–Kier alpha value is -2.77. The van der Waals surface area contributed by atoms with Crippen molar-refractivity contribution in [1.29, 1.82) is 0 Å². The van der Waals surface area contributed by atoms with Crippen LogP contribution in [0.1, 0.15) is 19.4 Å². The molecule has 0 aliphatic carbocycles. The zero-order valence-electron chi connectivity index (χ0n) is 17.8. The van der Waals surface area contributed by atoms with E-state index in [0.29, 0.717) is 13.0 Å². The molecule has 0 saturated carbocycles. The summed E-state index contributed by atoms with van der Waals surface area (Å²) in [6, 6.07) is 11.7. The maximum atomic E-state index is 13.3. The number of ether oxygens (including phenoxy) is 2. The van der Waals surface area contributed by atoms with Crippen LogP contribution in [0.4, 0.5) is 0 Å². The Kier molecular flexibility index (Phi) is 7.18. The second-order valence-electron chi connectivity index (χ2n) is 7.79. The Labute approximate surface area is 177 Å². The summed E-state index contributed by atoms with van der Waals surface area (Å²) in [5.74, 6) is -0.364. The number of methoxy groups -OCH3 is 1. The highest BCUT2D eigenvalue weighted by Crippen LogP contribution is 2.30. The van der Waals surface area contributed by atoms with E-state index in [1.807, 2.05) is 50.2 Å². The van der Waals surface area contributed by atoms with Crippen molar-refractivity contribution in [2.75, 3.05) is 33.4 Å². The summed E-state index contributed by atoms with van der Waals surface area (Å²) in [5.41, 5.74) is 1.75. The number of hydrogen-bond donors (Lipinski definition) is 1. The van der Waals surface area contributed by atoms with Crippen molar-refractivity contribution in [2.45, 2.75) is 31.9 Å². The number of carbonyl (C=O) groups is 2. The number of aromatic nitrogens is 1. The standard InChI is InChI=1S/C23H29N3O4/c1-17(2)25-22(28)23(16-26(11-12-30-23)21(27)15-29-3)13-18-7-4-5-9-20(18)19-8-6-10-24-14-19/h4-10,14,17H,11-13,15-16H2,1-3H3,(H,25,28). The second-order valence-corrected chi connectivity index (χ2v) is 7.79. The number of nitrogens with zero attached hydrogens (tertiary/aromatic N) is 2. The third-order valence-corrected chi connectivity index (χ3v) is 5.11. The summed E-state index contributed by atoms with van der Waals surface area (Å²) in [6.45, 7) is 4.69. The van der Waals surface area contributed by atoms with Crippen molar-refractivity contribution in [3.05, 3.63) is 54.4 Å². The molecule has 160 valence electrons. The number of nitrogens with one attached hydrogen (secondary N) is 1. The third kappa shape index (κ3) is 5.04. The first kappa shape index (κ1) is 21.9. The number of morpholine rings is 1. The zero-order valence-corrected chi connectivity index (χ0v) is 17.8. The van der Waals surface area contributed by atoms with Crippen molar-refractivity contribution in [3.8, 4) is 11.1 Å². The first-order valence-electron chi connectivity index (χ1n) is 10.1. The fraction of sp³-hybridized carbons (Fsp3) is 0.435. The summed E-state index contributed by atoms with van der Waals surface area (Å²) >= 11 is 0. The van der Waals surface area contributed by atoms with Crippen LogP contribution in [0.3, 0.4) is 0 Å². The van der Waals surface area contributed by atoms with Gasteiger partial charge in [-0.05, 0) is 31.0 Å². The van der Waals surface area contributed by atoms with E-state index in [9.17, 15) is 9.59 Å². The second kappa shape index (κ2) is 9.82. The molecule has 1 aliphatic rings. The number of amides is 2. The van der Waals surface area contributed by atoms with Gasteiger partial charge < -0.3 is 19.7 Å². The fourth-order valence-electron chi connectivity index (χ4n) is 3.72. The Morgan fingerprint density at radius 1 is 1.27 bits per heavy atom. The molecule has 0 bridgehead atoms. The van der Waals surface area contributed by atoms with Crippen molar-refractivity contribution in [3.63, 3.8) is 0 Å². The quantitative estimate of drug-likeness (QED) is 0.754. The van der Waals surface area contributed by atoms with Gasteiger partial charge in [0.05, 0.1) is 13.2 Å². The molecule has 1 unspecified atom stereocenters. The van der Waals surface area contributed by atoms with Crippen LogP contribution in [0.15, 0.2) is 48.8 Å². The molecule has 2 amide bonds. The van der Waals surface area contributed by atoms with E-state index in [0.717, 1.165) is 16.7 Å². The van der Waals surface area contributed by atoms with Gasteiger partial charge in [-0.1, -0.05) is 30.3 Å². The maximum absolute atomic E-state index is 13.3. The molecular weight excluding hydrogens is 382 g/mol. The Morgan fingerprint density at radius 2 is 2.07 bits per heavy atom. The predicted octanol–water partition coefficient (Wildman–Crippen LogP) is 2.06. The lowest BCUT2D eigenvalue weighted by molar-refractivity contribution is -0.167. The lowest BCUT2D eigenvalue weighted by Crippen LogP contribution is -2.63. The fourth-order valence-corrected chi connectivity index (χ4v) is 3.72. The highest BCUT2D eigenvalue weighted by atomic mass is 16.5. The van der Waals surface area contributed by atoms with Gasteiger partial charge in [0.1, 0.15) is 6.61 Å². The molecule has 0 spiro atoms. The average molecular weight is 412 g/mol. The van der Waals surface area contributed by atoms with Gasteiger partial charge in [-0.3, -0.25) is 14.6 Å². The highest BCUT2D eigenvalue weighted by Gasteiger charge is 2.45. The molecule has 1 saturated heterocycles. The van der Waals surface area contributed by atoms with Gasteiger partial charge in [0.25, 0.3) is 5.91 Å². The summed E-state index contributed by atoms with van der Waals surface area (Å²) < 4.78 is 11.1. The minimum atomic E-state index is -1.18. The van der Waals surface area contributed by atoms with Gasteiger partial charge in [-0.25, -0.2) is 0 Å². The van der Waals surface area contributed by atoms with Crippen LogP contribution in [0, 0.1) is 0 Å². The van der Waals surface area contributed by atoms with Gasteiger partial charge in [0.2, 0.25) is 5.91 Å². The molecule has 3 rings (SSSR count). The predicted molar refractivity (Wildman–Crippen MR) is 114 cm³/mol. The van der Waals surface area contributed by atoms with E-state index in [1.54, 1.807) is 17.3 Å². The zero-order chi connectivity index (χ0) is 21.6. The van der Waals surface area contributed by atoms with E-state index in [1.165, 1.54) is 7.11 Å². The van der Waals surface area contributed by atoms with Crippen LogP contribution < -0.4 is 5.32 Å². The first-order chi connectivity index (χ1) is 14.4. The third-order valence-electron chi connectivity index (χ3n) is 5.11. The molecule has 7 nitrogen and oxygen atoms in total. The molecule has 1 N–H and O–H groups in total. The highest BCUT2D eigenvalue weighted by molar-refractivity contribution is 5.88. The lowest BCUT2D eigenvalue weighted by Gasteiger charge is -2.42. The van der Waals surface area contributed by atoms with Crippen molar-refractivity contribution in [2.24, 2.45) is 0 Å². The van der Waals surface area contributed by atoms with Crippen molar-refractivity contribution < 1.29 is 19.1 Å². The summed E-state index contributed by atoms with van der Waals surface area (Å²) in [6.07, 6.45) is 3.87.